The van der Waals surface area contributed by atoms with Crippen LogP contribution >= 0.6 is 11.6 Å². The second-order valence-corrected chi connectivity index (χ2v) is 7.19. The van der Waals surface area contributed by atoms with Gasteiger partial charge < -0.3 is 14.4 Å². The van der Waals surface area contributed by atoms with Gasteiger partial charge in [-0.25, -0.2) is 0 Å². The molecule has 27 heavy (non-hydrogen) atoms. The second-order valence-electron chi connectivity index (χ2n) is 6.79. The van der Waals surface area contributed by atoms with Gasteiger partial charge in [0, 0.05) is 18.5 Å². The summed E-state index contributed by atoms with van der Waals surface area (Å²) in [6, 6.07) is 7.23. The molecule has 0 saturated heterocycles. The number of rotatable bonds is 5. The molecule has 4 rings (SSSR count). The van der Waals surface area contributed by atoms with E-state index in [1.165, 1.54) is 6.42 Å². The lowest BCUT2D eigenvalue weighted by atomic mass is 9.85. The molecule has 1 aliphatic rings. The maximum absolute atomic E-state index is 12.8. The van der Waals surface area contributed by atoms with Crippen molar-refractivity contribution in [2.24, 2.45) is 7.05 Å². The molecule has 2 aromatic heterocycles. The van der Waals surface area contributed by atoms with E-state index >= 15 is 0 Å². The Kier molecular flexibility index (Phi) is 4.70. The summed E-state index contributed by atoms with van der Waals surface area (Å²) in [5, 5.41) is 16.0. The van der Waals surface area contributed by atoms with Crippen molar-refractivity contribution in [3.05, 3.63) is 52.3 Å². The first-order valence-corrected chi connectivity index (χ1v) is 9.31. The van der Waals surface area contributed by atoms with Crippen LogP contribution in [0.15, 0.2) is 28.8 Å². The number of benzene rings is 1. The Morgan fingerprint density at radius 2 is 2.11 bits per heavy atom. The number of nitrogens with zero attached hydrogens (tertiary/aromatic N) is 4. The number of hydrogen-bond donors (Lipinski definition) is 1. The summed E-state index contributed by atoms with van der Waals surface area (Å²) >= 11 is 6.26. The SMILES string of the molecule is Cc1onc(-c2ccccc2Cl)c1C(=O)NCc1nnc(C2CCC2)n1C. The van der Waals surface area contributed by atoms with Crippen LogP contribution in [0.5, 0.6) is 0 Å². The zero-order chi connectivity index (χ0) is 19.0. The number of aromatic nitrogens is 4. The maximum Gasteiger partial charge on any atom is 0.257 e. The molecular weight excluding hydrogens is 366 g/mol. The normalized spacial score (nSPS) is 14.2. The molecule has 1 amide bonds. The third-order valence-corrected chi connectivity index (χ3v) is 5.42. The molecule has 0 spiro atoms. The summed E-state index contributed by atoms with van der Waals surface area (Å²) in [5.74, 6) is 2.36. The standard InChI is InChI=1S/C19H20ClN5O2/c1-11-16(17(24-27-11)13-8-3-4-9-14(13)20)19(26)21-10-15-22-23-18(25(15)2)12-6-5-7-12/h3-4,8-9,12H,5-7,10H2,1-2H3,(H,21,26). The summed E-state index contributed by atoms with van der Waals surface area (Å²) in [4.78, 5) is 12.8. The van der Waals surface area contributed by atoms with Crippen molar-refractivity contribution in [3.8, 4) is 11.3 Å². The minimum Gasteiger partial charge on any atom is -0.360 e. The predicted molar refractivity (Wildman–Crippen MR) is 100 cm³/mol. The lowest BCUT2D eigenvalue weighted by Crippen LogP contribution is -2.25. The molecule has 1 saturated carbocycles. The van der Waals surface area contributed by atoms with Crippen molar-refractivity contribution in [1.82, 2.24) is 25.2 Å². The Bertz CT molecular complexity index is 990. The van der Waals surface area contributed by atoms with Gasteiger partial charge >= 0.3 is 0 Å². The lowest BCUT2D eigenvalue weighted by Gasteiger charge is -2.24. The van der Waals surface area contributed by atoms with Gasteiger partial charge in [0.2, 0.25) is 0 Å². The summed E-state index contributed by atoms with van der Waals surface area (Å²) in [5.41, 5.74) is 1.47. The highest BCUT2D eigenvalue weighted by molar-refractivity contribution is 6.33. The van der Waals surface area contributed by atoms with Gasteiger partial charge in [0.15, 0.2) is 5.82 Å². The summed E-state index contributed by atoms with van der Waals surface area (Å²) < 4.78 is 7.23. The molecule has 0 radical (unpaired) electrons. The van der Waals surface area contributed by atoms with Gasteiger partial charge in [-0.05, 0) is 25.8 Å². The van der Waals surface area contributed by atoms with E-state index in [2.05, 4.69) is 20.7 Å². The van der Waals surface area contributed by atoms with E-state index in [4.69, 9.17) is 16.1 Å². The van der Waals surface area contributed by atoms with Crippen molar-refractivity contribution in [2.45, 2.75) is 38.6 Å². The van der Waals surface area contributed by atoms with Crippen molar-refractivity contribution in [2.75, 3.05) is 0 Å². The quantitative estimate of drug-likeness (QED) is 0.724. The fraction of sp³-hybridized carbons (Fsp3) is 0.368. The maximum atomic E-state index is 12.8. The van der Waals surface area contributed by atoms with Gasteiger partial charge in [-0.2, -0.15) is 0 Å². The number of nitrogens with one attached hydrogen (secondary N) is 1. The molecule has 0 aliphatic heterocycles. The largest absolute Gasteiger partial charge is 0.360 e. The highest BCUT2D eigenvalue weighted by Crippen LogP contribution is 2.35. The van der Waals surface area contributed by atoms with Gasteiger partial charge in [0.1, 0.15) is 22.8 Å². The molecule has 1 fully saturated rings. The van der Waals surface area contributed by atoms with Gasteiger partial charge in [-0.15, -0.1) is 10.2 Å². The smallest absolute Gasteiger partial charge is 0.257 e. The zero-order valence-corrected chi connectivity index (χ0v) is 16.0. The van der Waals surface area contributed by atoms with E-state index in [0.29, 0.717) is 33.5 Å². The van der Waals surface area contributed by atoms with Crippen LogP contribution in [0.2, 0.25) is 5.02 Å². The summed E-state index contributed by atoms with van der Waals surface area (Å²) in [7, 11) is 1.94. The second kappa shape index (κ2) is 7.15. The zero-order valence-electron chi connectivity index (χ0n) is 15.2. The molecule has 0 atom stereocenters. The first-order valence-electron chi connectivity index (χ1n) is 8.93. The molecule has 0 unspecified atom stereocenters. The average Bonchev–Trinajstić information content (AvgIpc) is 3.16. The monoisotopic (exact) mass is 385 g/mol. The molecule has 1 aliphatic carbocycles. The van der Waals surface area contributed by atoms with Crippen LogP contribution in [0.4, 0.5) is 0 Å². The number of carbonyl (C=O) groups is 1. The van der Waals surface area contributed by atoms with E-state index in [1.54, 1.807) is 13.0 Å². The van der Waals surface area contributed by atoms with Gasteiger partial charge in [-0.1, -0.05) is 41.4 Å². The Hall–Kier alpha value is -2.67. The predicted octanol–water partition coefficient (Wildman–Crippen LogP) is 3.63. The fourth-order valence-corrected chi connectivity index (χ4v) is 3.50. The van der Waals surface area contributed by atoms with Crippen molar-refractivity contribution >= 4 is 17.5 Å². The van der Waals surface area contributed by atoms with E-state index in [1.807, 2.05) is 29.8 Å². The molecule has 140 valence electrons. The summed E-state index contributed by atoms with van der Waals surface area (Å²) in [6.07, 6.45) is 3.54. The highest BCUT2D eigenvalue weighted by atomic mass is 35.5. The van der Waals surface area contributed by atoms with Crippen LogP contribution in [0, 0.1) is 6.92 Å². The number of halogens is 1. The molecule has 2 heterocycles. The fourth-order valence-electron chi connectivity index (χ4n) is 3.28. The molecule has 1 aromatic carbocycles. The highest BCUT2D eigenvalue weighted by Gasteiger charge is 2.26. The molecule has 1 N–H and O–H groups in total. The Morgan fingerprint density at radius 3 is 2.81 bits per heavy atom. The number of amides is 1. The number of carbonyl (C=O) groups excluding carboxylic acids is 1. The van der Waals surface area contributed by atoms with Crippen LogP contribution in [-0.2, 0) is 13.6 Å². The average molecular weight is 386 g/mol. The summed E-state index contributed by atoms with van der Waals surface area (Å²) in [6.45, 7) is 1.99. The molecule has 0 bridgehead atoms. The lowest BCUT2D eigenvalue weighted by molar-refractivity contribution is 0.0948. The topological polar surface area (TPSA) is 85.8 Å². The Morgan fingerprint density at radius 1 is 1.33 bits per heavy atom. The van der Waals surface area contributed by atoms with Crippen molar-refractivity contribution < 1.29 is 9.32 Å². The molecule has 3 aromatic rings. The van der Waals surface area contributed by atoms with E-state index in [-0.39, 0.29) is 12.5 Å². The Labute approximate surface area is 161 Å². The van der Waals surface area contributed by atoms with E-state index in [9.17, 15) is 4.79 Å². The van der Waals surface area contributed by atoms with Crippen LogP contribution < -0.4 is 5.32 Å². The number of aryl methyl sites for hydroxylation is 1. The van der Waals surface area contributed by atoms with Crippen LogP contribution in [0.1, 0.15) is 52.9 Å². The van der Waals surface area contributed by atoms with E-state index in [0.717, 1.165) is 24.5 Å². The number of hydrogen-bond acceptors (Lipinski definition) is 5. The first-order chi connectivity index (χ1) is 13.1. The van der Waals surface area contributed by atoms with Crippen molar-refractivity contribution in [3.63, 3.8) is 0 Å². The third-order valence-electron chi connectivity index (χ3n) is 5.09. The minimum absolute atomic E-state index is 0.279. The molecular formula is C19H20ClN5O2. The van der Waals surface area contributed by atoms with Gasteiger partial charge in [-0.3, -0.25) is 4.79 Å². The minimum atomic E-state index is -0.281. The van der Waals surface area contributed by atoms with Crippen LogP contribution in [-0.4, -0.2) is 25.8 Å². The van der Waals surface area contributed by atoms with Crippen LogP contribution in [0.25, 0.3) is 11.3 Å². The third kappa shape index (κ3) is 3.23. The molecule has 7 nitrogen and oxygen atoms in total. The van der Waals surface area contributed by atoms with Gasteiger partial charge in [0.05, 0.1) is 11.6 Å². The first kappa shape index (κ1) is 17.7. The van der Waals surface area contributed by atoms with Crippen molar-refractivity contribution in [1.29, 1.82) is 0 Å². The van der Waals surface area contributed by atoms with E-state index < -0.39 is 0 Å². The van der Waals surface area contributed by atoms with Gasteiger partial charge in [0.25, 0.3) is 5.91 Å². The van der Waals surface area contributed by atoms with Crippen LogP contribution in [0.3, 0.4) is 0 Å². The Balaban J connectivity index is 1.54. The molecule has 8 heteroatoms.